The summed E-state index contributed by atoms with van der Waals surface area (Å²) in [6.07, 6.45) is 0. The third-order valence-electron chi connectivity index (χ3n) is 2.71. The number of ether oxygens (including phenoxy) is 1. The topological polar surface area (TPSA) is 91.2 Å². The normalized spacial score (nSPS) is 11.9. The Bertz CT molecular complexity index is 637. The minimum Gasteiger partial charge on any atom is -0.468 e. The van der Waals surface area contributed by atoms with Crippen molar-refractivity contribution < 1.29 is 13.9 Å². The van der Waals surface area contributed by atoms with Crippen LogP contribution in [0.4, 0.5) is 0 Å². The van der Waals surface area contributed by atoms with Crippen LogP contribution in [0.25, 0.3) is 11.5 Å². The van der Waals surface area contributed by atoms with E-state index in [4.69, 9.17) is 22.4 Å². The highest BCUT2D eigenvalue weighted by Gasteiger charge is 2.30. The number of methoxy groups -OCH3 is 1. The average molecular weight is 291 g/mol. The highest BCUT2D eigenvalue weighted by Crippen LogP contribution is 2.23. The molecule has 1 aromatic carbocycles. The van der Waals surface area contributed by atoms with Gasteiger partial charge in [-0.3, -0.25) is 4.79 Å². The van der Waals surface area contributed by atoms with Gasteiger partial charge in [-0.2, -0.15) is 0 Å². The summed E-state index contributed by atoms with van der Waals surface area (Å²) in [5, 5.41) is 7.72. The summed E-state index contributed by atoms with van der Waals surface area (Å²) in [7, 11) is 1.24. The molecule has 2 rings (SSSR count). The lowest BCUT2D eigenvalue weighted by Gasteiger charge is -2.07. The summed E-state index contributed by atoms with van der Waals surface area (Å²) < 4.78 is 10.1. The molecule has 104 valence electrons. The number of benzene rings is 1. The molecule has 1 heterocycles. The number of carbonyl (C=O) groups excluding carboxylic acids is 1. The first-order valence-corrected chi connectivity index (χ1v) is 6.21. The fourth-order valence-corrected chi connectivity index (χ4v) is 1.82. The predicted octanol–water partition coefficient (Wildman–Crippen LogP) is 1.59. The molecular weight excluding hydrogens is 278 g/mol. The fraction of sp³-hybridized carbons (Fsp3) is 0.231. The van der Waals surface area contributed by atoms with Crippen LogP contribution in [-0.2, 0) is 9.53 Å². The van der Waals surface area contributed by atoms with E-state index in [-0.39, 0.29) is 10.9 Å². The van der Waals surface area contributed by atoms with Crippen molar-refractivity contribution in [3.05, 3.63) is 35.7 Å². The Hall–Kier alpha value is -2.28. The summed E-state index contributed by atoms with van der Waals surface area (Å²) in [6, 6.07) is 7.54. The second-order valence-electron chi connectivity index (χ2n) is 4.17. The molecule has 0 amide bonds. The minimum atomic E-state index is -1.03. The van der Waals surface area contributed by atoms with Crippen LogP contribution in [0.2, 0.25) is 0 Å². The van der Waals surface area contributed by atoms with E-state index in [1.807, 2.05) is 31.2 Å². The quantitative estimate of drug-likeness (QED) is 0.675. The maximum absolute atomic E-state index is 11.6. The number of carbonyl (C=O) groups is 1. The Balaban J connectivity index is 2.34. The molecule has 0 saturated heterocycles. The Labute approximate surface area is 120 Å². The van der Waals surface area contributed by atoms with E-state index in [2.05, 4.69) is 14.9 Å². The maximum atomic E-state index is 11.6. The van der Waals surface area contributed by atoms with Crippen molar-refractivity contribution in [1.29, 1.82) is 0 Å². The molecular formula is C13H13N3O3S. The van der Waals surface area contributed by atoms with E-state index < -0.39 is 11.9 Å². The molecule has 0 spiro atoms. The van der Waals surface area contributed by atoms with Crippen molar-refractivity contribution in [2.75, 3.05) is 7.11 Å². The van der Waals surface area contributed by atoms with Crippen molar-refractivity contribution in [3.63, 3.8) is 0 Å². The first-order chi connectivity index (χ1) is 9.52. The molecule has 7 heteroatoms. The minimum absolute atomic E-state index is 0.0277. The second kappa shape index (κ2) is 5.79. The molecule has 1 unspecified atom stereocenters. The van der Waals surface area contributed by atoms with Gasteiger partial charge in [0.1, 0.15) is 0 Å². The molecule has 2 N–H and O–H groups in total. The summed E-state index contributed by atoms with van der Waals surface area (Å²) >= 11 is 4.83. The van der Waals surface area contributed by atoms with Gasteiger partial charge in [0.25, 0.3) is 0 Å². The van der Waals surface area contributed by atoms with Crippen LogP contribution < -0.4 is 5.73 Å². The molecule has 0 aliphatic carbocycles. The van der Waals surface area contributed by atoms with E-state index in [0.29, 0.717) is 5.89 Å². The van der Waals surface area contributed by atoms with Crippen LogP contribution in [-0.4, -0.2) is 28.3 Å². The van der Waals surface area contributed by atoms with Gasteiger partial charge in [-0.25, -0.2) is 0 Å². The first-order valence-electron chi connectivity index (χ1n) is 5.80. The smallest absolute Gasteiger partial charge is 0.325 e. The monoisotopic (exact) mass is 291 g/mol. The van der Waals surface area contributed by atoms with E-state index >= 15 is 0 Å². The van der Waals surface area contributed by atoms with Crippen molar-refractivity contribution in [2.45, 2.75) is 12.8 Å². The van der Waals surface area contributed by atoms with Crippen molar-refractivity contribution in [1.82, 2.24) is 10.2 Å². The molecule has 1 atom stereocenters. The molecule has 6 nitrogen and oxygen atoms in total. The molecule has 0 fully saturated rings. The van der Waals surface area contributed by atoms with E-state index in [1.54, 1.807) is 0 Å². The number of aromatic nitrogens is 2. The Morgan fingerprint density at radius 3 is 2.55 bits per heavy atom. The highest BCUT2D eigenvalue weighted by molar-refractivity contribution is 7.80. The van der Waals surface area contributed by atoms with E-state index in [9.17, 15) is 4.79 Å². The Morgan fingerprint density at radius 1 is 1.35 bits per heavy atom. The number of hydrogen-bond acceptors (Lipinski definition) is 6. The van der Waals surface area contributed by atoms with Crippen LogP contribution in [0.3, 0.4) is 0 Å². The van der Waals surface area contributed by atoms with Gasteiger partial charge in [-0.1, -0.05) is 29.9 Å². The molecule has 0 aliphatic heterocycles. The van der Waals surface area contributed by atoms with Crippen LogP contribution >= 0.6 is 12.2 Å². The molecule has 2 aromatic rings. The molecule has 0 radical (unpaired) electrons. The van der Waals surface area contributed by atoms with E-state index in [0.717, 1.165) is 11.1 Å². The lowest BCUT2D eigenvalue weighted by Crippen LogP contribution is -2.28. The van der Waals surface area contributed by atoms with Crippen molar-refractivity contribution in [2.24, 2.45) is 5.73 Å². The van der Waals surface area contributed by atoms with Gasteiger partial charge in [0.2, 0.25) is 11.8 Å². The van der Waals surface area contributed by atoms with E-state index in [1.165, 1.54) is 7.11 Å². The molecule has 0 aliphatic rings. The zero-order chi connectivity index (χ0) is 14.7. The number of rotatable bonds is 4. The Kier molecular flexibility index (Phi) is 4.09. The average Bonchev–Trinajstić information content (AvgIpc) is 2.88. The number of hydrogen-bond donors (Lipinski definition) is 1. The Morgan fingerprint density at radius 2 is 2.00 bits per heavy atom. The summed E-state index contributed by atoms with van der Waals surface area (Å²) in [6.45, 7) is 1.98. The predicted molar refractivity (Wildman–Crippen MR) is 76.0 cm³/mol. The van der Waals surface area contributed by atoms with Crippen LogP contribution in [0.15, 0.2) is 28.7 Å². The van der Waals surface area contributed by atoms with Gasteiger partial charge in [0, 0.05) is 5.56 Å². The zero-order valence-corrected chi connectivity index (χ0v) is 11.8. The second-order valence-corrected chi connectivity index (χ2v) is 4.64. The lowest BCUT2D eigenvalue weighted by atomic mass is 10.1. The highest BCUT2D eigenvalue weighted by atomic mass is 32.1. The van der Waals surface area contributed by atoms with Gasteiger partial charge in [-0.15, -0.1) is 10.2 Å². The summed E-state index contributed by atoms with van der Waals surface area (Å²) in [4.78, 5) is 11.6. The largest absolute Gasteiger partial charge is 0.468 e. The number of aryl methyl sites for hydroxylation is 1. The van der Waals surface area contributed by atoms with Crippen molar-refractivity contribution >= 4 is 23.2 Å². The van der Waals surface area contributed by atoms with Gasteiger partial charge in [0.05, 0.1) is 12.1 Å². The van der Waals surface area contributed by atoms with Gasteiger partial charge in [-0.05, 0) is 19.1 Å². The number of nitrogens with two attached hydrogens (primary N) is 1. The van der Waals surface area contributed by atoms with Crippen LogP contribution in [0.5, 0.6) is 0 Å². The number of nitrogens with zero attached hydrogens (tertiary/aromatic N) is 2. The third kappa shape index (κ3) is 2.83. The van der Waals surface area contributed by atoms with Gasteiger partial charge >= 0.3 is 5.97 Å². The fourth-order valence-electron chi connectivity index (χ4n) is 1.62. The standard InChI is InChI=1S/C13H13N3O3S/c1-7-3-5-8(6-4-7)11-15-16-12(19-11)9(10(14)20)13(17)18-2/h3-6,9H,1-2H3,(H2,14,20). The number of esters is 1. The van der Waals surface area contributed by atoms with Gasteiger partial charge in [0.15, 0.2) is 5.92 Å². The first kappa shape index (κ1) is 14.1. The van der Waals surface area contributed by atoms with Crippen molar-refractivity contribution in [3.8, 4) is 11.5 Å². The molecule has 20 heavy (non-hydrogen) atoms. The van der Waals surface area contributed by atoms with Crippen LogP contribution in [0, 0.1) is 6.92 Å². The molecule has 1 aromatic heterocycles. The SMILES string of the molecule is COC(=O)C(C(N)=S)c1nnc(-c2ccc(C)cc2)o1. The number of thiocarbonyl (C=S) groups is 1. The molecule has 0 saturated carbocycles. The van der Waals surface area contributed by atoms with Crippen LogP contribution in [0.1, 0.15) is 17.4 Å². The van der Waals surface area contributed by atoms with Gasteiger partial charge < -0.3 is 14.9 Å². The third-order valence-corrected chi connectivity index (χ3v) is 2.94. The maximum Gasteiger partial charge on any atom is 0.325 e. The molecule has 0 bridgehead atoms. The summed E-state index contributed by atoms with van der Waals surface area (Å²) in [5.74, 6) is -1.33. The zero-order valence-electron chi connectivity index (χ0n) is 11.0. The summed E-state index contributed by atoms with van der Waals surface area (Å²) in [5.41, 5.74) is 7.38. The lowest BCUT2D eigenvalue weighted by molar-refractivity contribution is -0.141.